The van der Waals surface area contributed by atoms with E-state index >= 15 is 0 Å². The zero-order chi connectivity index (χ0) is 14.3. The van der Waals surface area contributed by atoms with Gasteiger partial charge in [0.25, 0.3) is 0 Å². The molecule has 2 bridgehead atoms. The standard InChI is InChI=1S/C14H23N3O3/c1-16-4-6-17(7-5-16)14(20)15-12-10-3-2-9(8-10)11(12)13(18)19/h9-12H,2-8H2,1H3,(H,15,20)(H,18,19). The predicted molar refractivity (Wildman–Crippen MR) is 73.3 cm³/mol. The lowest BCUT2D eigenvalue weighted by Gasteiger charge is -2.35. The smallest absolute Gasteiger partial charge is 0.317 e. The molecule has 6 nitrogen and oxygen atoms in total. The number of carboxylic acid groups (broad SMARTS) is 1. The van der Waals surface area contributed by atoms with E-state index in [9.17, 15) is 14.7 Å². The molecule has 0 spiro atoms. The number of nitrogens with one attached hydrogen (secondary N) is 1. The van der Waals surface area contributed by atoms with Crippen molar-refractivity contribution in [3.05, 3.63) is 0 Å². The monoisotopic (exact) mass is 281 g/mol. The molecule has 2 aliphatic carbocycles. The molecule has 0 aromatic rings. The summed E-state index contributed by atoms with van der Waals surface area (Å²) in [6, 6.07) is -0.250. The molecular formula is C14H23N3O3. The van der Waals surface area contributed by atoms with E-state index in [-0.39, 0.29) is 23.9 Å². The van der Waals surface area contributed by atoms with Crippen LogP contribution in [0, 0.1) is 17.8 Å². The Balaban J connectivity index is 1.62. The van der Waals surface area contributed by atoms with Gasteiger partial charge < -0.3 is 20.2 Å². The summed E-state index contributed by atoms with van der Waals surface area (Å²) in [6.07, 6.45) is 3.02. The van der Waals surface area contributed by atoms with E-state index in [0.717, 1.165) is 45.4 Å². The average molecular weight is 281 g/mol. The van der Waals surface area contributed by atoms with Crippen LogP contribution in [0.25, 0.3) is 0 Å². The zero-order valence-corrected chi connectivity index (χ0v) is 11.9. The van der Waals surface area contributed by atoms with E-state index in [1.807, 2.05) is 11.9 Å². The van der Waals surface area contributed by atoms with Gasteiger partial charge in [0.2, 0.25) is 0 Å². The van der Waals surface area contributed by atoms with E-state index in [0.29, 0.717) is 5.92 Å². The first-order chi connectivity index (χ1) is 9.56. The van der Waals surface area contributed by atoms with Crippen LogP contribution < -0.4 is 5.32 Å². The molecule has 112 valence electrons. The molecule has 0 aromatic carbocycles. The SMILES string of the molecule is CN1CCN(C(=O)NC2C3CCC(C3)C2C(=O)O)CC1. The van der Waals surface area contributed by atoms with E-state index in [4.69, 9.17) is 0 Å². The summed E-state index contributed by atoms with van der Waals surface area (Å²) in [7, 11) is 2.05. The number of urea groups is 1. The molecule has 0 radical (unpaired) electrons. The van der Waals surface area contributed by atoms with E-state index < -0.39 is 5.97 Å². The van der Waals surface area contributed by atoms with Crippen molar-refractivity contribution in [1.82, 2.24) is 15.1 Å². The molecule has 3 rings (SSSR count). The second-order valence-electron chi connectivity index (χ2n) is 6.46. The Kier molecular flexibility index (Phi) is 3.58. The third kappa shape index (κ3) is 2.37. The minimum atomic E-state index is -0.749. The zero-order valence-electron chi connectivity index (χ0n) is 11.9. The maximum atomic E-state index is 12.3. The summed E-state index contributed by atoms with van der Waals surface area (Å²) in [6.45, 7) is 3.21. The molecule has 6 heteroatoms. The lowest BCUT2D eigenvalue weighted by atomic mass is 9.84. The highest BCUT2D eigenvalue weighted by molar-refractivity contribution is 5.77. The second-order valence-corrected chi connectivity index (χ2v) is 6.46. The van der Waals surface area contributed by atoms with Gasteiger partial charge in [0.05, 0.1) is 5.92 Å². The Bertz CT molecular complexity index is 406. The Morgan fingerprint density at radius 1 is 1.10 bits per heavy atom. The molecule has 2 amide bonds. The first-order valence-corrected chi connectivity index (χ1v) is 7.53. The van der Waals surface area contributed by atoms with Gasteiger partial charge >= 0.3 is 12.0 Å². The number of carbonyl (C=O) groups is 2. The second kappa shape index (κ2) is 5.24. The Morgan fingerprint density at radius 3 is 2.40 bits per heavy atom. The van der Waals surface area contributed by atoms with Crippen LogP contribution in [-0.2, 0) is 4.79 Å². The number of hydrogen-bond acceptors (Lipinski definition) is 3. The van der Waals surface area contributed by atoms with Crippen LogP contribution in [0.4, 0.5) is 4.79 Å². The normalized spacial score (nSPS) is 37.1. The number of nitrogens with zero attached hydrogens (tertiary/aromatic N) is 2. The fourth-order valence-electron chi connectivity index (χ4n) is 4.10. The van der Waals surface area contributed by atoms with Gasteiger partial charge in [-0.1, -0.05) is 0 Å². The predicted octanol–water partition coefficient (Wildman–Crippen LogP) is 0.443. The highest BCUT2D eigenvalue weighted by Gasteiger charge is 2.51. The molecular weight excluding hydrogens is 258 g/mol. The molecule has 3 fully saturated rings. The maximum absolute atomic E-state index is 12.3. The van der Waals surface area contributed by atoms with Gasteiger partial charge in [-0.15, -0.1) is 0 Å². The number of carbonyl (C=O) groups excluding carboxylic acids is 1. The summed E-state index contributed by atoms with van der Waals surface area (Å²) < 4.78 is 0. The highest BCUT2D eigenvalue weighted by Crippen LogP contribution is 2.48. The van der Waals surface area contributed by atoms with Crippen LogP contribution in [0.15, 0.2) is 0 Å². The molecule has 1 aliphatic heterocycles. The van der Waals surface area contributed by atoms with Crippen molar-refractivity contribution in [3.8, 4) is 0 Å². The number of rotatable bonds is 2. The van der Waals surface area contributed by atoms with Crippen molar-refractivity contribution < 1.29 is 14.7 Å². The summed E-state index contributed by atoms with van der Waals surface area (Å²) in [5.41, 5.74) is 0. The first-order valence-electron chi connectivity index (χ1n) is 7.53. The van der Waals surface area contributed by atoms with Gasteiger partial charge in [0.15, 0.2) is 0 Å². The molecule has 20 heavy (non-hydrogen) atoms. The lowest BCUT2D eigenvalue weighted by Crippen LogP contribution is -2.55. The lowest BCUT2D eigenvalue weighted by molar-refractivity contribution is -0.144. The van der Waals surface area contributed by atoms with E-state index in [1.54, 1.807) is 0 Å². The summed E-state index contributed by atoms with van der Waals surface area (Å²) in [4.78, 5) is 27.7. The van der Waals surface area contributed by atoms with Crippen molar-refractivity contribution in [2.24, 2.45) is 17.8 Å². The van der Waals surface area contributed by atoms with Crippen LogP contribution in [0.1, 0.15) is 19.3 Å². The van der Waals surface area contributed by atoms with Crippen LogP contribution in [-0.4, -0.2) is 66.2 Å². The summed E-state index contributed by atoms with van der Waals surface area (Å²) in [5.74, 6) is -0.515. The minimum absolute atomic E-state index is 0.0816. The van der Waals surface area contributed by atoms with E-state index in [2.05, 4.69) is 10.2 Å². The quantitative estimate of drug-likeness (QED) is 0.770. The minimum Gasteiger partial charge on any atom is -0.481 e. The van der Waals surface area contributed by atoms with Gasteiger partial charge in [-0.2, -0.15) is 0 Å². The van der Waals surface area contributed by atoms with Gasteiger partial charge in [-0.25, -0.2) is 4.79 Å². The van der Waals surface area contributed by atoms with Gasteiger partial charge in [-0.3, -0.25) is 4.79 Å². The van der Waals surface area contributed by atoms with Crippen molar-refractivity contribution in [2.75, 3.05) is 33.2 Å². The molecule has 2 N–H and O–H groups in total. The maximum Gasteiger partial charge on any atom is 0.317 e. The van der Waals surface area contributed by atoms with Crippen molar-refractivity contribution >= 4 is 12.0 Å². The number of aliphatic carboxylic acids is 1. The number of fused-ring (bicyclic) bond motifs is 2. The molecule has 4 atom stereocenters. The van der Waals surface area contributed by atoms with Crippen molar-refractivity contribution in [3.63, 3.8) is 0 Å². The largest absolute Gasteiger partial charge is 0.481 e. The molecule has 2 saturated carbocycles. The van der Waals surface area contributed by atoms with Crippen LogP contribution in [0.5, 0.6) is 0 Å². The third-order valence-electron chi connectivity index (χ3n) is 5.28. The van der Waals surface area contributed by atoms with Crippen LogP contribution in [0.2, 0.25) is 0 Å². The van der Waals surface area contributed by atoms with Gasteiger partial charge in [0, 0.05) is 32.2 Å². The fraction of sp³-hybridized carbons (Fsp3) is 0.857. The third-order valence-corrected chi connectivity index (χ3v) is 5.28. The Morgan fingerprint density at radius 2 is 1.75 bits per heavy atom. The van der Waals surface area contributed by atoms with Crippen LogP contribution in [0.3, 0.4) is 0 Å². The number of likely N-dealkylation sites (N-methyl/N-ethyl adjacent to an activating group) is 1. The number of hydrogen-bond donors (Lipinski definition) is 2. The molecule has 0 aromatic heterocycles. The topological polar surface area (TPSA) is 72.9 Å². The average Bonchev–Trinajstić information content (AvgIpc) is 3.00. The number of amides is 2. The van der Waals surface area contributed by atoms with Crippen molar-refractivity contribution in [1.29, 1.82) is 0 Å². The molecule has 3 aliphatic rings. The summed E-state index contributed by atoms with van der Waals surface area (Å²) >= 11 is 0. The Labute approximate surface area is 119 Å². The number of piperazine rings is 1. The molecule has 1 heterocycles. The fourth-order valence-corrected chi connectivity index (χ4v) is 4.10. The van der Waals surface area contributed by atoms with Gasteiger partial charge in [-0.05, 0) is 38.1 Å². The Hall–Kier alpha value is -1.30. The molecule has 4 unspecified atom stereocenters. The van der Waals surface area contributed by atoms with Crippen molar-refractivity contribution in [2.45, 2.75) is 25.3 Å². The number of carboxylic acids is 1. The van der Waals surface area contributed by atoms with Gasteiger partial charge in [0.1, 0.15) is 0 Å². The highest BCUT2D eigenvalue weighted by atomic mass is 16.4. The molecule has 1 saturated heterocycles. The van der Waals surface area contributed by atoms with E-state index in [1.165, 1.54) is 0 Å². The summed E-state index contributed by atoms with van der Waals surface area (Å²) in [5, 5.41) is 12.4. The van der Waals surface area contributed by atoms with Crippen LogP contribution >= 0.6 is 0 Å². The first kappa shape index (κ1) is 13.7.